The standard InChI is InChI=1S/C21H31FN4O2.ClH/c1-25(13-16-6-8-18(22)9-7-16)20(27)15-26-11-3-4-17(14-26)12-24-21(28)19-5-2-10-23-19;/h6-9,17,19,23H,2-5,10-15H2,1H3,(H,24,28);1H. The van der Waals surface area contributed by atoms with Crippen molar-refractivity contribution in [3.8, 4) is 0 Å². The summed E-state index contributed by atoms with van der Waals surface area (Å²) >= 11 is 0. The molecule has 2 aliphatic rings. The minimum absolute atomic E-state index is 0. The maximum absolute atomic E-state index is 13.0. The van der Waals surface area contributed by atoms with Crippen LogP contribution in [0.25, 0.3) is 0 Å². The van der Waals surface area contributed by atoms with Gasteiger partial charge in [0.25, 0.3) is 0 Å². The first kappa shape index (κ1) is 23.6. The lowest BCUT2D eigenvalue weighted by Crippen LogP contribution is -2.47. The molecule has 0 aromatic heterocycles. The lowest BCUT2D eigenvalue weighted by atomic mass is 9.97. The zero-order chi connectivity index (χ0) is 19.9. The second kappa shape index (κ2) is 11.5. The summed E-state index contributed by atoms with van der Waals surface area (Å²) in [6, 6.07) is 6.20. The number of carbonyl (C=O) groups excluding carboxylic acids is 2. The fraction of sp³-hybridized carbons (Fsp3) is 0.619. The van der Waals surface area contributed by atoms with Crippen LogP contribution in [0.1, 0.15) is 31.2 Å². The van der Waals surface area contributed by atoms with Crippen molar-refractivity contribution in [3.63, 3.8) is 0 Å². The zero-order valence-corrected chi connectivity index (χ0v) is 17.8. The molecule has 0 bridgehead atoms. The van der Waals surface area contributed by atoms with Gasteiger partial charge >= 0.3 is 0 Å². The highest BCUT2D eigenvalue weighted by Crippen LogP contribution is 2.16. The third-order valence-corrected chi connectivity index (χ3v) is 5.66. The van der Waals surface area contributed by atoms with Crippen molar-refractivity contribution in [3.05, 3.63) is 35.6 Å². The van der Waals surface area contributed by atoms with Crippen LogP contribution in [0.5, 0.6) is 0 Å². The number of nitrogens with zero attached hydrogens (tertiary/aromatic N) is 2. The van der Waals surface area contributed by atoms with Crippen LogP contribution in [0.3, 0.4) is 0 Å². The van der Waals surface area contributed by atoms with E-state index in [-0.39, 0.29) is 36.1 Å². The molecule has 1 aromatic rings. The smallest absolute Gasteiger partial charge is 0.237 e. The van der Waals surface area contributed by atoms with E-state index >= 15 is 0 Å². The molecule has 0 spiro atoms. The van der Waals surface area contributed by atoms with Crippen LogP contribution in [0.15, 0.2) is 24.3 Å². The maximum atomic E-state index is 13.0. The van der Waals surface area contributed by atoms with Gasteiger partial charge in [0.15, 0.2) is 0 Å². The summed E-state index contributed by atoms with van der Waals surface area (Å²) in [6.45, 7) is 4.18. The predicted molar refractivity (Wildman–Crippen MR) is 113 cm³/mol. The SMILES string of the molecule is CN(Cc1ccc(F)cc1)C(=O)CN1CCCC(CNC(=O)C2CCCN2)C1.Cl. The number of carbonyl (C=O) groups is 2. The molecular formula is C21H32ClFN4O2. The van der Waals surface area contributed by atoms with Crippen molar-refractivity contribution in [2.75, 3.05) is 39.8 Å². The summed E-state index contributed by atoms with van der Waals surface area (Å²) in [6.07, 6.45) is 4.09. The van der Waals surface area contributed by atoms with E-state index in [0.29, 0.717) is 25.6 Å². The fourth-order valence-electron chi connectivity index (χ4n) is 4.00. The second-order valence-corrected chi connectivity index (χ2v) is 8.01. The molecule has 2 fully saturated rings. The van der Waals surface area contributed by atoms with Crippen molar-refractivity contribution in [1.82, 2.24) is 20.4 Å². The van der Waals surface area contributed by atoms with E-state index in [0.717, 1.165) is 50.9 Å². The van der Waals surface area contributed by atoms with Crippen LogP contribution in [-0.4, -0.2) is 67.4 Å². The number of piperidine rings is 1. The molecule has 0 radical (unpaired) electrons. The molecular weight excluding hydrogens is 395 g/mol. The molecule has 0 aliphatic carbocycles. The average molecular weight is 427 g/mol. The van der Waals surface area contributed by atoms with E-state index in [9.17, 15) is 14.0 Å². The molecule has 6 nitrogen and oxygen atoms in total. The van der Waals surface area contributed by atoms with Crippen molar-refractivity contribution < 1.29 is 14.0 Å². The normalized spacial score (nSPS) is 22.0. The zero-order valence-electron chi connectivity index (χ0n) is 17.0. The molecule has 0 saturated carbocycles. The largest absolute Gasteiger partial charge is 0.354 e. The van der Waals surface area contributed by atoms with Crippen molar-refractivity contribution in [2.24, 2.45) is 5.92 Å². The van der Waals surface area contributed by atoms with Crippen molar-refractivity contribution in [1.29, 1.82) is 0 Å². The Balaban J connectivity index is 0.00000300. The Kier molecular flexibility index (Phi) is 9.33. The molecule has 2 amide bonds. The predicted octanol–water partition coefficient (Wildman–Crippen LogP) is 1.79. The molecule has 8 heteroatoms. The Morgan fingerprint density at radius 3 is 2.69 bits per heavy atom. The van der Waals surface area contributed by atoms with Gasteiger partial charge in [0.05, 0.1) is 12.6 Å². The minimum atomic E-state index is -0.270. The molecule has 29 heavy (non-hydrogen) atoms. The third kappa shape index (κ3) is 7.24. The first-order valence-corrected chi connectivity index (χ1v) is 10.2. The van der Waals surface area contributed by atoms with E-state index < -0.39 is 0 Å². The summed E-state index contributed by atoms with van der Waals surface area (Å²) < 4.78 is 13.0. The number of benzene rings is 1. The minimum Gasteiger partial charge on any atom is -0.354 e. The highest BCUT2D eigenvalue weighted by Gasteiger charge is 2.25. The monoisotopic (exact) mass is 426 g/mol. The van der Waals surface area contributed by atoms with Crippen LogP contribution in [0.4, 0.5) is 4.39 Å². The summed E-state index contributed by atoms with van der Waals surface area (Å²) in [5, 5.41) is 6.30. The van der Waals surface area contributed by atoms with E-state index in [1.165, 1.54) is 12.1 Å². The number of amides is 2. The summed E-state index contributed by atoms with van der Waals surface area (Å²) in [5.74, 6) is 0.274. The molecule has 2 aliphatic heterocycles. The number of likely N-dealkylation sites (tertiary alicyclic amines) is 1. The Bertz CT molecular complexity index is 667. The Morgan fingerprint density at radius 1 is 1.24 bits per heavy atom. The molecule has 2 atom stereocenters. The molecule has 2 unspecified atom stereocenters. The fourth-order valence-corrected chi connectivity index (χ4v) is 4.00. The number of rotatable bonds is 7. The molecule has 3 rings (SSSR count). The van der Waals surface area contributed by atoms with Crippen LogP contribution in [0.2, 0.25) is 0 Å². The lowest BCUT2D eigenvalue weighted by molar-refractivity contribution is -0.132. The van der Waals surface area contributed by atoms with E-state index in [2.05, 4.69) is 15.5 Å². The highest BCUT2D eigenvalue weighted by atomic mass is 35.5. The first-order chi connectivity index (χ1) is 13.5. The van der Waals surface area contributed by atoms with E-state index in [4.69, 9.17) is 0 Å². The first-order valence-electron chi connectivity index (χ1n) is 10.2. The topological polar surface area (TPSA) is 64.7 Å². The number of halogens is 2. The van der Waals surface area contributed by atoms with Gasteiger partial charge in [0, 0.05) is 26.7 Å². The Labute approximate surface area is 178 Å². The van der Waals surface area contributed by atoms with Gasteiger partial charge in [0.1, 0.15) is 5.82 Å². The van der Waals surface area contributed by atoms with Gasteiger partial charge in [-0.2, -0.15) is 0 Å². The van der Waals surface area contributed by atoms with Gasteiger partial charge in [-0.3, -0.25) is 14.5 Å². The van der Waals surface area contributed by atoms with Crippen LogP contribution in [0, 0.1) is 11.7 Å². The van der Waals surface area contributed by atoms with Crippen LogP contribution in [-0.2, 0) is 16.1 Å². The molecule has 2 heterocycles. The highest BCUT2D eigenvalue weighted by molar-refractivity contribution is 5.85. The van der Waals surface area contributed by atoms with Gasteiger partial charge < -0.3 is 15.5 Å². The van der Waals surface area contributed by atoms with Crippen molar-refractivity contribution in [2.45, 2.75) is 38.3 Å². The van der Waals surface area contributed by atoms with E-state index in [1.54, 1.807) is 24.1 Å². The van der Waals surface area contributed by atoms with Gasteiger partial charge in [-0.15, -0.1) is 12.4 Å². The quantitative estimate of drug-likeness (QED) is 0.697. The molecule has 1 aromatic carbocycles. The number of likely N-dealkylation sites (N-methyl/N-ethyl adjacent to an activating group) is 1. The molecule has 2 N–H and O–H groups in total. The Hall–Kier alpha value is -1.70. The third-order valence-electron chi connectivity index (χ3n) is 5.66. The average Bonchev–Trinajstić information content (AvgIpc) is 3.23. The number of hydrogen-bond acceptors (Lipinski definition) is 4. The molecule has 162 valence electrons. The summed E-state index contributed by atoms with van der Waals surface area (Å²) in [7, 11) is 1.78. The van der Waals surface area contributed by atoms with Gasteiger partial charge in [-0.05, 0) is 62.4 Å². The number of hydrogen-bond donors (Lipinski definition) is 2. The van der Waals surface area contributed by atoms with Crippen LogP contribution >= 0.6 is 12.4 Å². The lowest BCUT2D eigenvalue weighted by Gasteiger charge is -2.33. The second-order valence-electron chi connectivity index (χ2n) is 8.01. The van der Waals surface area contributed by atoms with Gasteiger partial charge in [0.2, 0.25) is 11.8 Å². The van der Waals surface area contributed by atoms with Gasteiger partial charge in [-0.1, -0.05) is 12.1 Å². The Morgan fingerprint density at radius 2 is 2.00 bits per heavy atom. The summed E-state index contributed by atoms with van der Waals surface area (Å²) in [4.78, 5) is 28.6. The summed E-state index contributed by atoms with van der Waals surface area (Å²) in [5.41, 5.74) is 0.914. The maximum Gasteiger partial charge on any atom is 0.237 e. The van der Waals surface area contributed by atoms with Gasteiger partial charge in [-0.25, -0.2) is 4.39 Å². The van der Waals surface area contributed by atoms with Crippen LogP contribution < -0.4 is 10.6 Å². The number of nitrogens with one attached hydrogen (secondary N) is 2. The van der Waals surface area contributed by atoms with E-state index in [1.807, 2.05) is 0 Å². The van der Waals surface area contributed by atoms with Crippen molar-refractivity contribution >= 4 is 24.2 Å². The molecule has 2 saturated heterocycles.